The van der Waals surface area contributed by atoms with Crippen molar-refractivity contribution in [3.63, 3.8) is 0 Å². The van der Waals surface area contributed by atoms with E-state index in [0.717, 1.165) is 10.6 Å². The van der Waals surface area contributed by atoms with E-state index in [2.05, 4.69) is 5.32 Å². The number of nitrogens with zero attached hydrogens (tertiary/aromatic N) is 2. The highest BCUT2D eigenvalue weighted by atomic mass is 35.5. The predicted octanol–water partition coefficient (Wildman–Crippen LogP) is 2.92. The van der Waals surface area contributed by atoms with Crippen molar-refractivity contribution in [3.05, 3.63) is 64.1 Å². The zero-order valence-electron chi connectivity index (χ0n) is 16.8. The Labute approximate surface area is 186 Å². The van der Waals surface area contributed by atoms with Gasteiger partial charge >= 0.3 is 0 Å². The van der Waals surface area contributed by atoms with Crippen molar-refractivity contribution >= 4 is 50.7 Å². The van der Waals surface area contributed by atoms with Gasteiger partial charge < -0.3 is 10.2 Å². The molecule has 0 heterocycles. The monoisotopic (exact) mass is 471 g/mol. The highest BCUT2D eigenvalue weighted by molar-refractivity contribution is 7.92. The molecule has 1 unspecified atom stereocenters. The molecule has 0 radical (unpaired) electrons. The molecular weight excluding hydrogens is 449 g/mol. The van der Waals surface area contributed by atoms with Crippen LogP contribution in [0.1, 0.15) is 12.5 Å². The van der Waals surface area contributed by atoms with Gasteiger partial charge in [-0.15, -0.1) is 0 Å². The average molecular weight is 472 g/mol. The fraction of sp³-hybridized carbons (Fsp3) is 0.300. The molecule has 0 aliphatic carbocycles. The topological polar surface area (TPSA) is 86.8 Å². The van der Waals surface area contributed by atoms with Gasteiger partial charge in [-0.2, -0.15) is 0 Å². The fourth-order valence-corrected chi connectivity index (χ4v) is 4.15. The van der Waals surface area contributed by atoms with Crippen molar-refractivity contribution in [1.29, 1.82) is 0 Å². The largest absolute Gasteiger partial charge is 0.357 e. The average Bonchev–Trinajstić information content (AvgIpc) is 2.70. The van der Waals surface area contributed by atoms with Gasteiger partial charge in [-0.25, -0.2) is 8.42 Å². The lowest BCUT2D eigenvalue weighted by molar-refractivity contribution is -0.139. The maximum Gasteiger partial charge on any atom is 0.244 e. The Morgan fingerprint density at radius 3 is 2.27 bits per heavy atom. The zero-order valence-corrected chi connectivity index (χ0v) is 19.1. The highest BCUT2D eigenvalue weighted by Gasteiger charge is 2.30. The Kier molecular flexibility index (Phi) is 8.11. The SMILES string of the molecule is CNC(=O)C(C)N(Cc1ccc(Cl)cc1Cl)C(=O)CN(c1ccccc1)S(C)(=O)=O. The number of carbonyl (C=O) groups is 2. The molecule has 0 fully saturated rings. The van der Waals surface area contributed by atoms with Gasteiger partial charge in [0.1, 0.15) is 12.6 Å². The number of hydrogen-bond acceptors (Lipinski definition) is 4. The number of likely N-dealkylation sites (N-methyl/N-ethyl adjacent to an activating group) is 1. The van der Waals surface area contributed by atoms with Crippen molar-refractivity contribution in [2.75, 3.05) is 24.2 Å². The van der Waals surface area contributed by atoms with E-state index in [1.165, 1.54) is 11.9 Å². The minimum atomic E-state index is -3.74. The van der Waals surface area contributed by atoms with E-state index in [4.69, 9.17) is 23.2 Å². The molecule has 0 bridgehead atoms. The molecule has 0 saturated heterocycles. The summed E-state index contributed by atoms with van der Waals surface area (Å²) in [4.78, 5) is 26.7. The van der Waals surface area contributed by atoms with Crippen molar-refractivity contribution in [1.82, 2.24) is 10.2 Å². The molecule has 1 atom stereocenters. The Morgan fingerprint density at radius 2 is 1.73 bits per heavy atom. The summed E-state index contributed by atoms with van der Waals surface area (Å²) in [7, 11) is -2.28. The lowest BCUT2D eigenvalue weighted by atomic mass is 10.1. The maximum atomic E-state index is 13.2. The van der Waals surface area contributed by atoms with E-state index >= 15 is 0 Å². The lowest BCUT2D eigenvalue weighted by Gasteiger charge is -2.31. The van der Waals surface area contributed by atoms with Crippen LogP contribution in [0.5, 0.6) is 0 Å². The van der Waals surface area contributed by atoms with Crippen LogP contribution < -0.4 is 9.62 Å². The van der Waals surface area contributed by atoms with E-state index in [9.17, 15) is 18.0 Å². The quantitative estimate of drug-likeness (QED) is 0.640. The number of amides is 2. The number of rotatable bonds is 8. The van der Waals surface area contributed by atoms with Crippen LogP contribution >= 0.6 is 23.2 Å². The predicted molar refractivity (Wildman–Crippen MR) is 119 cm³/mol. The Hall–Kier alpha value is -2.29. The second-order valence-corrected chi connectivity index (χ2v) is 9.40. The van der Waals surface area contributed by atoms with E-state index in [0.29, 0.717) is 21.3 Å². The van der Waals surface area contributed by atoms with Gasteiger partial charge in [0.05, 0.1) is 11.9 Å². The number of para-hydroxylation sites is 1. The van der Waals surface area contributed by atoms with Crippen LogP contribution in [-0.2, 0) is 26.2 Å². The number of nitrogens with one attached hydrogen (secondary N) is 1. The van der Waals surface area contributed by atoms with Gasteiger partial charge in [0.25, 0.3) is 0 Å². The molecule has 0 spiro atoms. The third kappa shape index (κ3) is 6.10. The Morgan fingerprint density at radius 1 is 1.10 bits per heavy atom. The van der Waals surface area contributed by atoms with Crippen molar-refractivity contribution in [2.24, 2.45) is 0 Å². The third-order valence-electron chi connectivity index (χ3n) is 4.49. The second-order valence-electron chi connectivity index (χ2n) is 6.65. The van der Waals surface area contributed by atoms with Gasteiger partial charge in [-0.1, -0.05) is 47.5 Å². The van der Waals surface area contributed by atoms with Gasteiger partial charge in [0.2, 0.25) is 21.8 Å². The Balaban J connectivity index is 2.38. The van der Waals surface area contributed by atoms with Gasteiger partial charge in [-0.05, 0) is 36.8 Å². The molecule has 0 aliphatic heterocycles. The van der Waals surface area contributed by atoms with E-state index < -0.39 is 28.5 Å². The molecule has 1 N–H and O–H groups in total. The van der Waals surface area contributed by atoms with Crippen LogP contribution in [-0.4, -0.2) is 51.0 Å². The van der Waals surface area contributed by atoms with Crippen LogP contribution in [0.4, 0.5) is 5.69 Å². The molecule has 30 heavy (non-hydrogen) atoms. The molecule has 0 aromatic heterocycles. The Bertz CT molecular complexity index is 1020. The van der Waals surface area contributed by atoms with Gasteiger partial charge in [0.15, 0.2) is 0 Å². The van der Waals surface area contributed by atoms with Crippen LogP contribution in [0.3, 0.4) is 0 Å². The molecule has 0 aliphatic rings. The van der Waals surface area contributed by atoms with Crippen molar-refractivity contribution in [3.8, 4) is 0 Å². The number of sulfonamides is 1. The summed E-state index contributed by atoms with van der Waals surface area (Å²) in [5, 5.41) is 3.28. The fourth-order valence-electron chi connectivity index (χ4n) is 2.83. The standard InChI is InChI=1S/C20H23Cl2N3O4S/c1-14(20(27)23-2)24(12-15-9-10-16(21)11-18(15)22)19(26)13-25(30(3,28)29)17-7-5-4-6-8-17/h4-11,14H,12-13H2,1-3H3,(H,23,27). The maximum absolute atomic E-state index is 13.2. The zero-order chi connectivity index (χ0) is 22.5. The molecule has 0 saturated carbocycles. The number of hydrogen-bond donors (Lipinski definition) is 1. The van der Waals surface area contributed by atoms with Gasteiger partial charge in [0, 0.05) is 23.6 Å². The molecule has 7 nitrogen and oxygen atoms in total. The number of benzene rings is 2. The van der Waals surface area contributed by atoms with Crippen LogP contribution in [0.15, 0.2) is 48.5 Å². The molecule has 2 aromatic rings. The molecule has 2 rings (SSSR count). The summed E-state index contributed by atoms with van der Waals surface area (Å²) in [6, 6.07) is 12.3. The number of anilines is 1. The van der Waals surface area contributed by atoms with Crippen LogP contribution in [0.2, 0.25) is 10.0 Å². The lowest BCUT2D eigenvalue weighted by Crippen LogP contribution is -2.50. The summed E-state index contributed by atoms with van der Waals surface area (Å²) in [6.07, 6.45) is 1.02. The van der Waals surface area contributed by atoms with Crippen molar-refractivity contribution < 1.29 is 18.0 Å². The van der Waals surface area contributed by atoms with Gasteiger partial charge in [-0.3, -0.25) is 13.9 Å². The molecule has 2 aromatic carbocycles. The first-order chi connectivity index (χ1) is 14.0. The molecular formula is C20H23Cl2N3O4S. The smallest absolute Gasteiger partial charge is 0.244 e. The number of halogens is 2. The van der Waals surface area contributed by atoms with E-state index in [1.54, 1.807) is 55.5 Å². The minimum absolute atomic E-state index is 0.00974. The summed E-state index contributed by atoms with van der Waals surface area (Å²) in [5.74, 6) is -0.939. The molecule has 162 valence electrons. The second kappa shape index (κ2) is 10.1. The van der Waals surface area contributed by atoms with Crippen LogP contribution in [0, 0.1) is 0 Å². The highest BCUT2D eigenvalue weighted by Crippen LogP contribution is 2.24. The number of carbonyl (C=O) groups excluding carboxylic acids is 2. The first kappa shape index (κ1) is 24.0. The minimum Gasteiger partial charge on any atom is -0.357 e. The third-order valence-corrected chi connectivity index (χ3v) is 6.22. The first-order valence-electron chi connectivity index (χ1n) is 9.02. The summed E-state index contributed by atoms with van der Waals surface area (Å²) < 4.78 is 25.7. The molecule has 2 amide bonds. The van der Waals surface area contributed by atoms with Crippen molar-refractivity contribution in [2.45, 2.75) is 19.5 Å². The summed E-state index contributed by atoms with van der Waals surface area (Å²) in [6.45, 7) is 1.11. The summed E-state index contributed by atoms with van der Waals surface area (Å²) >= 11 is 12.2. The van der Waals surface area contributed by atoms with E-state index in [1.807, 2.05) is 0 Å². The molecule has 10 heteroatoms. The first-order valence-corrected chi connectivity index (χ1v) is 11.6. The van der Waals surface area contributed by atoms with Crippen LogP contribution in [0.25, 0.3) is 0 Å². The summed E-state index contributed by atoms with van der Waals surface area (Å²) in [5.41, 5.74) is 0.932. The van der Waals surface area contributed by atoms with E-state index in [-0.39, 0.29) is 12.5 Å². The normalized spacial score (nSPS) is 12.2.